The van der Waals surface area contributed by atoms with Gasteiger partial charge >= 0.3 is 6.03 Å². The van der Waals surface area contributed by atoms with E-state index in [1.165, 1.54) is 13.2 Å². The zero-order chi connectivity index (χ0) is 21.8. The quantitative estimate of drug-likeness (QED) is 0.358. The first-order valence-corrected chi connectivity index (χ1v) is 10.0. The van der Waals surface area contributed by atoms with Gasteiger partial charge in [-0.25, -0.2) is 9.69 Å². The van der Waals surface area contributed by atoms with Crippen LogP contribution in [0.15, 0.2) is 50.9 Å². The highest BCUT2D eigenvalue weighted by molar-refractivity contribution is 9.10. The number of imide groups is 2. The smallest absolute Gasteiger partial charge is 0.335 e. The van der Waals surface area contributed by atoms with Gasteiger partial charge in [-0.05, 0) is 64.0 Å². The molecule has 1 saturated heterocycles. The summed E-state index contributed by atoms with van der Waals surface area (Å²) in [7, 11) is 1.45. The van der Waals surface area contributed by atoms with Crippen molar-refractivity contribution in [1.82, 2.24) is 5.32 Å². The van der Waals surface area contributed by atoms with Crippen molar-refractivity contribution in [2.75, 3.05) is 18.6 Å². The third-order valence-corrected chi connectivity index (χ3v) is 5.17. The highest BCUT2D eigenvalue weighted by atomic mass is 79.9. The number of urea groups is 1. The van der Waals surface area contributed by atoms with Gasteiger partial charge in [0, 0.05) is 4.47 Å². The summed E-state index contributed by atoms with van der Waals surface area (Å²) < 4.78 is 12.1. The lowest BCUT2D eigenvalue weighted by Crippen LogP contribution is -2.54. The van der Waals surface area contributed by atoms with Gasteiger partial charge in [-0.15, -0.1) is 6.42 Å². The first-order chi connectivity index (χ1) is 14.3. The Bertz CT molecular complexity index is 1100. The van der Waals surface area contributed by atoms with E-state index < -0.39 is 17.8 Å². The number of benzene rings is 2. The van der Waals surface area contributed by atoms with Crippen LogP contribution in [0.1, 0.15) is 5.56 Å². The number of terminal acetylenes is 1. The Morgan fingerprint density at radius 3 is 2.50 bits per heavy atom. The minimum absolute atomic E-state index is 0.0422. The van der Waals surface area contributed by atoms with Crippen LogP contribution in [0.3, 0.4) is 0 Å². The number of nitrogens with zero attached hydrogens (tertiary/aromatic N) is 1. The molecule has 0 radical (unpaired) electrons. The summed E-state index contributed by atoms with van der Waals surface area (Å²) in [5, 5.41) is 2.18. The SMILES string of the molecule is C#CCOc1c(Br)cc(/C=C2\C(=O)NC(=O)N(c3ccc(Br)cc3)C2=O)cc1OC. The number of ether oxygens (including phenoxy) is 2. The van der Waals surface area contributed by atoms with Gasteiger partial charge in [0.05, 0.1) is 17.3 Å². The fourth-order valence-corrected chi connectivity index (χ4v) is 3.56. The number of halogens is 2. The molecule has 2 aromatic carbocycles. The van der Waals surface area contributed by atoms with E-state index in [9.17, 15) is 14.4 Å². The Hall–Kier alpha value is -3.09. The van der Waals surface area contributed by atoms with E-state index in [1.54, 1.807) is 36.4 Å². The lowest BCUT2D eigenvalue weighted by molar-refractivity contribution is -0.122. The number of barbiturate groups is 1. The van der Waals surface area contributed by atoms with Crippen LogP contribution in [0.5, 0.6) is 11.5 Å². The number of anilines is 1. The van der Waals surface area contributed by atoms with Gasteiger partial charge in [0.15, 0.2) is 11.5 Å². The molecule has 0 unspecified atom stereocenters. The zero-order valence-electron chi connectivity index (χ0n) is 15.6. The number of carbonyl (C=O) groups is 3. The molecule has 1 heterocycles. The number of amides is 4. The van der Waals surface area contributed by atoms with Crippen molar-refractivity contribution < 1.29 is 23.9 Å². The molecule has 2 aromatic rings. The fourth-order valence-electron chi connectivity index (χ4n) is 2.73. The third-order valence-electron chi connectivity index (χ3n) is 4.05. The first kappa shape index (κ1) is 21.6. The normalized spacial score (nSPS) is 15.1. The average molecular weight is 534 g/mol. The van der Waals surface area contributed by atoms with E-state index in [0.29, 0.717) is 27.2 Å². The Kier molecular flexibility index (Phi) is 6.59. The van der Waals surface area contributed by atoms with Gasteiger partial charge in [-0.1, -0.05) is 21.9 Å². The average Bonchev–Trinajstić information content (AvgIpc) is 2.71. The third kappa shape index (κ3) is 4.40. The summed E-state index contributed by atoms with van der Waals surface area (Å²) in [5.41, 5.74) is 0.607. The highest BCUT2D eigenvalue weighted by Gasteiger charge is 2.36. The molecule has 1 aliphatic heterocycles. The van der Waals surface area contributed by atoms with Crippen molar-refractivity contribution in [3.05, 3.63) is 56.5 Å². The van der Waals surface area contributed by atoms with Gasteiger partial charge in [0.2, 0.25) is 0 Å². The molecule has 0 spiro atoms. The molecule has 30 heavy (non-hydrogen) atoms. The number of methoxy groups -OCH3 is 1. The molecule has 0 bridgehead atoms. The molecule has 0 atom stereocenters. The highest BCUT2D eigenvalue weighted by Crippen LogP contribution is 2.37. The molecule has 1 N–H and O–H groups in total. The largest absolute Gasteiger partial charge is 0.493 e. The molecule has 0 aliphatic carbocycles. The van der Waals surface area contributed by atoms with Crippen molar-refractivity contribution >= 4 is 61.5 Å². The summed E-state index contributed by atoms with van der Waals surface area (Å²) in [6.07, 6.45) is 6.59. The van der Waals surface area contributed by atoms with E-state index in [4.69, 9.17) is 15.9 Å². The van der Waals surface area contributed by atoms with Gasteiger partial charge < -0.3 is 9.47 Å². The van der Waals surface area contributed by atoms with Crippen LogP contribution >= 0.6 is 31.9 Å². The van der Waals surface area contributed by atoms with Gasteiger partial charge in [0.1, 0.15) is 12.2 Å². The summed E-state index contributed by atoms with van der Waals surface area (Å²) >= 11 is 6.67. The molecular weight excluding hydrogens is 520 g/mol. The Morgan fingerprint density at radius 1 is 1.17 bits per heavy atom. The molecule has 9 heteroatoms. The van der Waals surface area contributed by atoms with Crippen LogP contribution < -0.4 is 19.7 Å². The second-order valence-corrected chi connectivity index (χ2v) is 7.73. The maximum atomic E-state index is 13.0. The van der Waals surface area contributed by atoms with E-state index in [-0.39, 0.29) is 12.2 Å². The van der Waals surface area contributed by atoms with E-state index in [1.807, 2.05) is 0 Å². The number of hydrogen-bond donors (Lipinski definition) is 1. The molecule has 0 saturated carbocycles. The molecule has 1 fully saturated rings. The molecule has 4 amide bonds. The lowest BCUT2D eigenvalue weighted by atomic mass is 10.1. The minimum atomic E-state index is -0.818. The Labute approximate surface area is 189 Å². The first-order valence-electron chi connectivity index (χ1n) is 8.46. The standard InChI is InChI=1S/C21H14Br2N2O5/c1-3-8-30-18-16(23)10-12(11-17(18)29-2)9-15-19(26)24-21(28)25(20(15)27)14-6-4-13(22)5-7-14/h1,4-7,9-11H,8H2,2H3,(H,24,26,28)/b15-9+. The van der Waals surface area contributed by atoms with Crippen LogP contribution in [0, 0.1) is 12.3 Å². The minimum Gasteiger partial charge on any atom is -0.493 e. The summed E-state index contributed by atoms with van der Waals surface area (Å²) in [6, 6.07) is 8.96. The second kappa shape index (κ2) is 9.15. The van der Waals surface area contributed by atoms with E-state index in [2.05, 4.69) is 43.1 Å². The van der Waals surface area contributed by atoms with Crippen LogP contribution in [0.4, 0.5) is 10.5 Å². The summed E-state index contributed by atoms with van der Waals surface area (Å²) in [6.45, 7) is 0.0422. The maximum Gasteiger partial charge on any atom is 0.335 e. The van der Waals surface area contributed by atoms with E-state index >= 15 is 0 Å². The molecular formula is C21H14Br2N2O5. The lowest BCUT2D eigenvalue weighted by Gasteiger charge is -2.26. The molecule has 3 rings (SSSR count). The van der Waals surface area contributed by atoms with Crippen molar-refractivity contribution in [2.24, 2.45) is 0 Å². The number of hydrogen-bond acceptors (Lipinski definition) is 5. The molecule has 0 aromatic heterocycles. The number of rotatable bonds is 5. The van der Waals surface area contributed by atoms with E-state index in [0.717, 1.165) is 9.37 Å². The summed E-state index contributed by atoms with van der Waals surface area (Å²) in [5.74, 6) is 1.58. The number of nitrogens with one attached hydrogen (secondary N) is 1. The molecule has 1 aliphatic rings. The summed E-state index contributed by atoms with van der Waals surface area (Å²) in [4.78, 5) is 38.5. The van der Waals surface area contributed by atoms with Gasteiger partial charge in [-0.3, -0.25) is 14.9 Å². The topological polar surface area (TPSA) is 84.9 Å². The van der Waals surface area contributed by atoms with Crippen molar-refractivity contribution in [3.8, 4) is 23.8 Å². The van der Waals surface area contributed by atoms with Crippen molar-refractivity contribution in [2.45, 2.75) is 0 Å². The second-order valence-electron chi connectivity index (χ2n) is 5.96. The maximum absolute atomic E-state index is 13.0. The van der Waals surface area contributed by atoms with Crippen molar-refractivity contribution in [3.63, 3.8) is 0 Å². The monoisotopic (exact) mass is 532 g/mol. The van der Waals surface area contributed by atoms with Crippen molar-refractivity contribution in [1.29, 1.82) is 0 Å². The Balaban J connectivity index is 2.01. The zero-order valence-corrected chi connectivity index (χ0v) is 18.7. The number of carbonyl (C=O) groups excluding carboxylic acids is 3. The van der Waals surface area contributed by atoms with Gasteiger partial charge in [0.25, 0.3) is 11.8 Å². The Morgan fingerprint density at radius 2 is 1.87 bits per heavy atom. The fraction of sp³-hybridized carbons (Fsp3) is 0.0952. The van der Waals surface area contributed by atoms with Crippen LogP contribution in [-0.2, 0) is 9.59 Å². The van der Waals surface area contributed by atoms with Gasteiger partial charge in [-0.2, -0.15) is 0 Å². The molecule has 7 nitrogen and oxygen atoms in total. The predicted octanol–water partition coefficient (Wildman–Crippen LogP) is 3.90. The predicted molar refractivity (Wildman–Crippen MR) is 118 cm³/mol. The van der Waals surface area contributed by atoms with Crippen LogP contribution in [0.2, 0.25) is 0 Å². The van der Waals surface area contributed by atoms with Crippen LogP contribution in [0.25, 0.3) is 6.08 Å². The van der Waals surface area contributed by atoms with Crippen LogP contribution in [-0.4, -0.2) is 31.6 Å². The molecule has 152 valence electrons.